The smallest absolute Gasteiger partial charge is 0.280 e. The number of rotatable bonds is 3. The quantitative estimate of drug-likeness (QED) is 0.809. The highest BCUT2D eigenvalue weighted by molar-refractivity contribution is 6.04. The number of halogens is 1. The van der Waals surface area contributed by atoms with Gasteiger partial charge in [-0.25, -0.2) is 4.39 Å². The first kappa shape index (κ1) is 14.9. The molecule has 3 aromatic rings. The van der Waals surface area contributed by atoms with Crippen LogP contribution >= 0.6 is 0 Å². The Labute approximate surface area is 131 Å². The Balaban J connectivity index is 2.07. The third-order valence-corrected chi connectivity index (χ3v) is 3.46. The van der Waals surface area contributed by atoms with Gasteiger partial charge in [0.2, 0.25) is 5.43 Å². The normalized spacial score (nSPS) is 10.7. The highest BCUT2D eigenvalue weighted by Crippen LogP contribution is 2.12. The van der Waals surface area contributed by atoms with Crippen molar-refractivity contribution in [1.82, 2.24) is 9.78 Å². The molecule has 1 N–H and O–H groups in total. The van der Waals surface area contributed by atoms with Crippen LogP contribution in [-0.4, -0.2) is 15.7 Å². The number of carbonyl (C=O) groups excluding carboxylic acids is 1. The van der Waals surface area contributed by atoms with Gasteiger partial charge < -0.3 is 5.32 Å². The Bertz CT molecular complexity index is 950. The van der Waals surface area contributed by atoms with Crippen LogP contribution in [0.1, 0.15) is 17.4 Å². The summed E-state index contributed by atoms with van der Waals surface area (Å²) in [5.74, 6) is -1.13. The summed E-state index contributed by atoms with van der Waals surface area (Å²) in [6.45, 7) is 2.39. The fourth-order valence-electron chi connectivity index (χ4n) is 2.38. The lowest BCUT2D eigenvalue weighted by atomic mass is 10.2. The second-order valence-electron chi connectivity index (χ2n) is 4.98. The molecule has 0 unspecified atom stereocenters. The summed E-state index contributed by atoms with van der Waals surface area (Å²) in [7, 11) is 0. The molecule has 116 valence electrons. The molecule has 0 aliphatic carbocycles. The summed E-state index contributed by atoms with van der Waals surface area (Å²) in [5.41, 5.74) is 0.281. The van der Waals surface area contributed by atoms with Gasteiger partial charge in [0.05, 0.1) is 5.52 Å². The third-order valence-electron chi connectivity index (χ3n) is 3.46. The number of para-hydroxylation sites is 1. The van der Waals surface area contributed by atoms with Gasteiger partial charge in [0, 0.05) is 17.6 Å². The van der Waals surface area contributed by atoms with Crippen molar-refractivity contribution in [2.45, 2.75) is 13.5 Å². The lowest BCUT2D eigenvalue weighted by Crippen LogP contribution is -2.27. The average Bonchev–Trinajstić information content (AvgIpc) is 2.55. The van der Waals surface area contributed by atoms with Crippen molar-refractivity contribution in [2.75, 3.05) is 5.32 Å². The van der Waals surface area contributed by atoms with Gasteiger partial charge in [0.15, 0.2) is 5.69 Å². The number of amides is 1. The first-order valence-electron chi connectivity index (χ1n) is 7.17. The fourth-order valence-corrected chi connectivity index (χ4v) is 2.38. The van der Waals surface area contributed by atoms with Crippen molar-refractivity contribution in [2.24, 2.45) is 0 Å². The van der Waals surface area contributed by atoms with Crippen LogP contribution in [0.2, 0.25) is 0 Å². The second-order valence-corrected chi connectivity index (χ2v) is 4.98. The maximum Gasteiger partial charge on any atom is 0.280 e. The molecular weight excluding hydrogens is 297 g/mol. The van der Waals surface area contributed by atoms with E-state index in [9.17, 15) is 14.0 Å². The zero-order chi connectivity index (χ0) is 16.4. The number of nitrogens with zero attached hydrogens (tertiary/aromatic N) is 2. The molecule has 3 rings (SSSR count). The SMILES string of the molecule is CCn1nc(C(=O)Nc2cccc(F)c2)c(=O)c2ccccc21. The van der Waals surface area contributed by atoms with Gasteiger partial charge in [-0.3, -0.25) is 14.3 Å². The Morgan fingerprint density at radius 1 is 1.22 bits per heavy atom. The Hall–Kier alpha value is -3.02. The number of benzene rings is 2. The zero-order valence-electron chi connectivity index (χ0n) is 12.4. The topological polar surface area (TPSA) is 64.0 Å². The standard InChI is InChI=1S/C17H14FN3O2/c1-2-21-14-9-4-3-8-13(14)16(22)15(20-21)17(23)19-12-7-5-6-11(18)10-12/h3-10H,2H2,1H3,(H,19,23). The molecule has 5 nitrogen and oxygen atoms in total. The van der Waals surface area contributed by atoms with Crippen molar-refractivity contribution in [1.29, 1.82) is 0 Å². The van der Waals surface area contributed by atoms with Gasteiger partial charge in [0.1, 0.15) is 5.82 Å². The number of hydrogen-bond donors (Lipinski definition) is 1. The summed E-state index contributed by atoms with van der Waals surface area (Å²) in [6, 6.07) is 12.4. The average molecular weight is 311 g/mol. The lowest BCUT2D eigenvalue weighted by Gasteiger charge is -2.10. The van der Waals surface area contributed by atoms with Gasteiger partial charge in [-0.2, -0.15) is 5.10 Å². The minimum absolute atomic E-state index is 0.213. The summed E-state index contributed by atoms with van der Waals surface area (Å²) in [5, 5.41) is 7.06. The molecule has 23 heavy (non-hydrogen) atoms. The van der Waals surface area contributed by atoms with Crippen molar-refractivity contribution in [3.05, 3.63) is 70.3 Å². The van der Waals surface area contributed by atoms with Gasteiger partial charge in [0.25, 0.3) is 5.91 Å². The van der Waals surface area contributed by atoms with Crippen LogP contribution < -0.4 is 10.7 Å². The maximum atomic E-state index is 13.2. The van der Waals surface area contributed by atoms with E-state index in [1.54, 1.807) is 28.9 Å². The largest absolute Gasteiger partial charge is 0.320 e. The minimum atomic E-state index is -0.659. The van der Waals surface area contributed by atoms with Gasteiger partial charge >= 0.3 is 0 Å². The monoisotopic (exact) mass is 311 g/mol. The molecule has 0 fully saturated rings. The molecule has 0 saturated heterocycles. The van der Waals surface area contributed by atoms with Crippen molar-refractivity contribution in [3.63, 3.8) is 0 Å². The highest BCUT2D eigenvalue weighted by atomic mass is 19.1. The van der Waals surface area contributed by atoms with Crippen LogP contribution in [-0.2, 0) is 6.54 Å². The van der Waals surface area contributed by atoms with E-state index in [1.165, 1.54) is 18.2 Å². The minimum Gasteiger partial charge on any atom is -0.320 e. The molecule has 6 heteroatoms. The van der Waals surface area contributed by atoms with E-state index in [-0.39, 0.29) is 11.4 Å². The van der Waals surface area contributed by atoms with Crippen LogP contribution in [0.4, 0.5) is 10.1 Å². The zero-order valence-corrected chi connectivity index (χ0v) is 12.4. The summed E-state index contributed by atoms with van der Waals surface area (Å²) in [6.07, 6.45) is 0. The Morgan fingerprint density at radius 3 is 2.74 bits per heavy atom. The molecule has 1 heterocycles. The van der Waals surface area contributed by atoms with E-state index in [2.05, 4.69) is 10.4 Å². The van der Waals surface area contributed by atoms with E-state index in [1.807, 2.05) is 13.0 Å². The van der Waals surface area contributed by atoms with Crippen LogP contribution in [0.15, 0.2) is 53.3 Å². The number of aromatic nitrogens is 2. The first-order chi connectivity index (χ1) is 11.1. The van der Waals surface area contributed by atoms with E-state index < -0.39 is 17.2 Å². The number of hydrogen-bond acceptors (Lipinski definition) is 3. The summed E-state index contributed by atoms with van der Waals surface area (Å²) >= 11 is 0. The maximum absolute atomic E-state index is 13.2. The molecule has 0 saturated carbocycles. The number of nitrogens with one attached hydrogen (secondary N) is 1. The molecule has 0 aliphatic rings. The van der Waals surface area contributed by atoms with E-state index in [0.29, 0.717) is 17.4 Å². The van der Waals surface area contributed by atoms with Crippen LogP contribution in [0, 0.1) is 5.82 Å². The fraction of sp³-hybridized carbons (Fsp3) is 0.118. The van der Waals surface area contributed by atoms with E-state index in [0.717, 1.165) is 0 Å². The van der Waals surface area contributed by atoms with Gasteiger partial charge in [-0.15, -0.1) is 0 Å². The molecular formula is C17H14FN3O2. The lowest BCUT2D eigenvalue weighted by molar-refractivity contribution is 0.101. The van der Waals surface area contributed by atoms with Crippen molar-refractivity contribution in [3.8, 4) is 0 Å². The molecule has 0 atom stereocenters. The predicted octanol–water partition coefficient (Wildman–Crippen LogP) is 2.81. The van der Waals surface area contributed by atoms with Crippen molar-refractivity contribution < 1.29 is 9.18 Å². The summed E-state index contributed by atoms with van der Waals surface area (Å²) < 4.78 is 14.8. The number of anilines is 1. The predicted molar refractivity (Wildman–Crippen MR) is 86.0 cm³/mol. The summed E-state index contributed by atoms with van der Waals surface area (Å²) in [4.78, 5) is 24.8. The molecule has 1 amide bonds. The molecule has 0 spiro atoms. The molecule has 2 aromatic carbocycles. The van der Waals surface area contributed by atoms with Gasteiger partial charge in [-0.05, 0) is 37.3 Å². The van der Waals surface area contributed by atoms with Crippen LogP contribution in [0.25, 0.3) is 10.9 Å². The first-order valence-corrected chi connectivity index (χ1v) is 7.17. The number of aryl methyl sites for hydroxylation is 1. The van der Waals surface area contributed by atoms with Crippen LogP contribution in [0.5, 0.6) is 0 Å². The van der Waals surface area contributed by atoms with E-state index >= 15 is 0 Å². The van der Waals surface area contributed by atoms with Crippen molar-refractivity contribution >= 4 is 22.5 Å². The highest BCUT2D eigenvalue weighted by Gasteiger charge is 2.17. The molecule has 1 aromatic heterocycles. The third kappa shape index (κ3) is 2.83. The Morgan fingerprint density at radius 2 is 2.00 bits per heavy atom. The van der Waals surface area contributed by atoms with Crippen LogP contribution in [0.3, 0.4) is 0 Å². The number of carbonyl (C=O) groups is 1. The van der Waals surface area contributed by atoms with E-state index in [4.69, 9.17) is 0 Å². The van der Waals surface area contributed by atoms with Gasteiger partial charge in [-0.1, -0.05) is 18.2 Å². The second kappa shape index (κ2) is 6.00. The molecule has 0 bridgehead atoms. The Kier molecular flexibility index (Phi) is 3.89. The molecule has 0 aliphatic heterocycles. The number of fused-ring (bicyclic) bond motifs is 1. The molecule has 0 radical (unpaired) electrons.